The van der Waals surface area contributed by atoms with Crippen LogP contribution in [0, 0.1) is 0 Å². The van der Waals surface area contributed by atoms with Crippen LogP contribution < -0.4 is 4.90 Å². The first-order valence-corrected chi connectivity index (χ1v) is 22.5. The summed E-state index contributed by atoms with van der Waals surface area (Å²) in [5, 5.41) is 2.58. The molecule has 0 amide bonds. The lowest BCUT2D eigenvalue weighted by Crippen LogP contribution is -2.28. The number of fused-ring (bicyclic) bond motifs is 6. The van der Waals surface area contributed by atoms with E-state index in [4.69, 9.17) is 0 Å². The van der Waals surface area contributed by atoms with E-state index in [9.17, 15) is 0 Å². The predicted molar refractivity (Wildman–Crippen MR) is 268 cm³/mol. The van der Waals surface area contributed by atoms with Crippen LogP contribution in [-0.4, -0.2) is 0 Å². The van der Waals surface area contributed by atoms with E-state index < -0.39 is 5.41 Å². The molecular weight excluding hydrogens is 779 g/mol. The Bertz CT molecular complexity index is 3400. The van der Waals surface area contributed by atoms with Gasteiger partial charge in [-0.3, -0.25) is 0 Å². The van der Waals surface area contributed by atoms with Gasteiger partial charge in [-0.1, -0.05) is 200 Å². The summed E-state index contributed by atoms with van der Waals surface area (Å²) in [5.41, 5.74) is 18.0. The third kappa shape index (κ3) is 6.14. The lowest BCUT2D eigenvalue weighted by atomic mass is 9.67. The maximum Gasteiger partial charge on any atom is 0.0714 e. The molecule has 2 heteroatoms. The Morgan fingerprint density at radius 3 is 1.48 bits per heavy atom. The molecule has 0 bridgehead atoms. The average molecular weight is 820 g/mol. The molecule has 1 heterocycles. The quantitative estimate of drug-likeness (QED) is 0.148. The number of thiophene rings is 1. The summed E-state index contributed by atoms with van der Waals surface area (Å²) >= 11 is 1.89. The number of benzene rings is 10. The molecule has 10 aromatic carbocycles. The molecule has 0 N–H and O–H groups in total. The molecule has 0 radical (unpaired) electrons. The summed E-state index contributed by atoms with van der Waals surface area (Å²) in [7, 11) is 0. The van der Waals surface area contributed by atoms with Gasteiger partial charge in [-0.05, 0) is 115 Å². The number of rotatable bonds is 8. The zero-order valence-corrected chi connectivity index (χ0v) is 35.3. The molecule has 1 aliphatic rings. The Hall–Kier alpha value is -7.78. The second kappa shape index (κ2) is 15.3. The summed E-state index contributed by atoms with van der Waals surface area (Å²) in [4.78, 5) is 2.39. The van der Waals surface area contributed by atoms with E-state index in [-0.39, 0.29) is 0 Å². The van der Waals surface area contributed by atoms with Crippen LogP contribution >= 0.6 is 11.3 Å². The molecular formula is C61H41NS. The van der Waals surface area contributed by atoms with Crippen molar-refractivity contribution >= 4 is 48.6 Å². The molecule has 0 aliphatic heterocycles. The lowest BCUT2D eigenvalue weighted by molar-refractivity contribution is 0.770. The molecule has 12 rings (SSSR count). The largest absolute Gasteiger partial charge is 0.310 e. The van der Waals surface area contributed by atoms with Gasteiger partial charge in [0.1, 0.15) is 0 Å². The van der Waals surface area contributed by atoms with Gasteiger partial charge in [0, 0.05) is 37.2 Å². The molecule has 1 aliphatic carbocycles. The van der Waals surface area contributed by atoms with Gasteiger partial charge in [-0.15, -0.1) is 11.3 Å². The molecule has 296 valence electrons. The number of hydrogen-bond acceptors (Lipinski definition) is 2. The maximum atomic E-state index is 2.48. The van der Waals surface area contributed by atoms with Crippen molar-refractivity contribution < 1.29 is 0 Å². The molecule has 0 unspecified atom stereocenters. The van der Waals surface area contributed by atoms with Crippen molar-refractivity contribution in [3.63, 3.8) is 0 Å². The Balaban J connectivity index is 1.00. The van der Waals surface area contributed by atoms with Crippen molar-refractivity contribution in [2.24, 2.45) is 0 Å². The first kappa shape index (κ1) is 37.0. The van der Waals surface area contributed by atoms with Gasteiger partial charge in [0.05, 0.1) is 5.41 Å². The van der Waals surface area contributed by atoms with Gasteiger partial charge < -0.3 is 4.90 Å². The average Bonchev–Trinajstić information content (AvgIpc) is 3.89. The van der Waals surface area contributed by atoms with Crippen LogP contribution in [0.15, 0.2) is 249 Å². The first-order chi connectivity index (χ1) is 31.2. The van der Waals surface area contributed by atoms with E-state index in [0.29, 0.717) is 0 Å². The van der Waals surface area contributed by atoms with Gasteiger partial charge in [0.2, 0.25) is 0 Å². The van der Waals surface area contributed by atoms with E-state index in [0.717, 1.165) is 17.1 Å². The number of nitrogens with zero attached hydrogens (tertiary/aromatic N) is 1. The van der Waals surface area contributed by atoms with E-state index >= 15 is 0 Å². The van der Waals surface area contributed by atoms with Gasteiger partial charge in [-0.25, -0.2) is 0 Å². The topological polar surface area (TPSA) is 3.24 Å². The Morgan fingerprint density at radius 2 is 0.810 bits per heavy atom. The van der Waals surface area contributed by atoms with Crippen LogP contribution in [0.3, 0.4) is 0 Å². The van der Waals surface area contributed by atoms with Gasteiger partial charge >= 0.3 is 0 Å². The molecule has 1 nitrogen and oxygen atoms in total. The molecule has 0 atom stereocenters. The fourth-order valence-electron chi connectivity index (χ4n) is 10.2. The third-order valence-electron chi connectivity index (χ3n) is 12.9. The number of anilines is 3. The van der Waals surface area contributed by atoms with E-state index in [1.54, 1.807) is 0 Å². The van der Waals surface area contributed by atoms with E-state index in [2.05, 4.69) is 254 Å². The summed E-state index contributed by atoms with van der Waals surface area (Å²) < 4.78 is 2.58. The Morgan fingerprint density at radius 1 is 0.302 bits per heavy atom. The molecule has 0 fully saturated rings. The van der Waals surface area contributed by atoms with Gasteiger partial charge in [0.15, 0.2) is 0 Å². The monoisotopic (exact) mass is 819 g/mol. The zero-order valence-electron chi connectivity index (χ0n) is 34.5. The van der Waals surface area contributed by atoms with Crippen LogP contribution in [0.4, 0.5) is 17.1 Å². The molecule has 0 saturated heterocycles. The molecule has 0 saturated carbocycles. The SMILES string of the molecule is c1ccc(-c2ccc(N(c3cccc(-c4ccccc4)c3)c3cccc(-c4cccc5sc6cc(C7(c8ccccc8)c8ccccc8-c8ccccc87)ccc6c45)c3)cc2)cc1. The predicted octanol–water partition coefficient (Wildman–Crippen LogP) is 16.9. The van der Waals surface area contributed by atoms with Crippen molar-refractivity contribution in [1.29, 1.82) is 0 Å². The second-order valence-electron chi connectivity index (χ2n) is 16.4. The van der Waals surface area contributed by atoms with Crippen molar-refractivity contribution in [3.8, 4) is 44.5 Å². The minimum atomic E-state index is -0.434. The van der Waals surface area contributed by atoms with Crippen LogP contribution in [-0.2, 0) is 5.41 Å². The number of hydrogen-bond donors (Lipinski definition) is 0. The molecule has 11 aromatic rings. The highest BCUT2D eigenvalue weighted by molar-refractivity contribution is 7.26. The Labute approximate surface area is 372 Å². The minimum absolute atomic E-state index is 0.434. The zero-order chi connectivity index (χ0) is 41.7. The van der Waals surface area contributed by atoms with Crippen molar-refractivity contribution in [1.82, 2.24) is 0 Å². The normalized spacial score (nSPS) is 12.6. The fourth-order valence-corrected chi connectivity index (χ4v) is 11.3. The molecule has 1 aromatic heterocycles. The summed E-state index contributed by atoms with van der Waals surface area (Å²) in [5.74, 6) is 0. The second-order valence-corrected chi connectivity index (χ2v) is 17.5. The highest BCUT2D eigenvalue weighted by Gasteiger charge is 2.46. The summed E-state index contributed by atoms with van der Waals surface area (Å²) in [6, 6.07) is 91.3. The van der Waals surface area contributed by atoms with Gasteiger partial charge in [0.25, 0.3) is 0 Å². The molecule has 0 spiro atoms. The van der Waals surface area contributed by atoms with Crippen molar-refractivity contribution in [2.75, 3.05) is 4.90 Å². The lowest BCUT2D eigenvalue weighted by Gasteiger charge is -2.33. The van der Waals surface area contributed by atoms with Crippen LogP contribution in [0.25, 0.3) is 64.7 Å². The van der Waals surface area contributed by atoms with Crippen molar-refractivity contribution in [2.45, 2.75) is 5.41 Å². The van der Waals surface area contributed by atoms with Crippen LogP contribution in [0.2, 0.25) is 0 Å². The van der Waals surface area contributed by atoms with Gasteiger partial charge in [-0.2, -0.15) is 0 Å². The van der Waals surface area contributed by atoms with Crippen LogP contribution in [0.5, 0.6) is 0 Å². The molecule has 63 heavy (non-hydrogen) atoms. The highest BCUT2D eigenvalue weighted by Crippen LogP contribution is 2.57. The summed E-state index contributed by atoms with van der Waals surface area (Å²) in [6.45, 7) is 0. The minimum Gasteiger partial charge on any atom is -0.310 e. The first-order valence-electron chi connectivity index (χ1n) is 21.7. The maximum absolute atomic E-state index is 2.48. The highest BCUT2D eigenvalue weighted by atomic mass is 32.1. The van der Waals surface area contributed by atoms with E-state index in [1.807, 2.05) is 11.3 Å². The Kier molecular flexibility index (Phi) is 8.98. The summed E-state index contributed by atoms with van der Waals surface area (Å²) in [6.07, 6.45) is 0. The van der Waals surface area contributed by atoms with Crippen molar-refractivity contribution in [3.05, 3.63) is 271 Å². The van der Waals surface area contributed by atoms with E-state index in [1.165, 1.54) is 86.9 Å². The standard InChI is InChI=1S/C61H41NS/c1-4-17-42(18-5-1)44-33-36-49(37-34-44)62(50-25-14-21-45(39-50)43-19-6-2-7-20-43)51-26-15-22-46(40-51)52-29-16-32-58-60(52)55-38-35-48(41-59(55)63-58)61(47-23-8-3-9-24-47)56-30-12-10-27-53(56)54-28-11-13-31-57(54)61/h1-41H. The third-order valence-corrected chi connectivity index (χ3v) is 14.1. The van der Waals surface area contributed by atoms with Crippen LogP contribution in [0.1, 0.15) is 22.3 Å². The fraction of sp³-hybridized carbons (Fsp3) is 0.0164. The smallest absolute Gasteiger partial charge is 0.0714 e.